The quantitative estimate of drug-likeness (QED) is 0.165. The first-order valence-corrected chi connectivity index (χ1v) is 19.3. The van der Waals surface area contributed by atoms with Crippen molar-refractivity contribution in [2.24, 2.45) is 22.7 Å². The number of benzene rings is 1. The highest BCUT2D eigenvalue weighted by atomic mass is 16.6. The minimum Gasteiger partial charge on any atom is -0.459 e. The summed E-state index contributed by atoms with van der Waals surface area (Å²) in [5.74, 6) is -7.16. The van der Waals surface area contributed by atoms with E-state index in [4.69, 9.17) is 28.4 Å². The second-order valence-corrected chi connectivity index (χ2v) is 17.5. The molecule has 16 heteroatoms. The summed E-state index contributed by atoms with van der Waals surface area (Å²) in [6.45, 7) is 15.4. The van der Waals surface area contributed by atoms with Crippen LogP contribution in [0.5, 0.6) is 0 Å². The molecule has 58 heavy (non-hydrogen) atoms. The number of ketones is 2. The minimum atomic E-state index is -2.10. The predicted molar refractivity (Wildman–Crippen MR) is 204 cm³/mol. The Morgan fingerprint density at radius 3 is 2.09 bits per heavy atom. The fourth-order valence-electron chi connectivity index (χ4n) is 8.44. The second kappa shape index (κ2) is 17.3. The van der Waals surface area contributed by atoms with Gasteiger partial charge in [0.1, 0.15) is 18.3 Å². The fourth-order valence-corrected chi connectivity index (χ4v) is 8.44. The van der Waals surface area contributed by atoms with Crippen molar-refractivity contribution in [3.8, 4) is 0 Å². The summed E-state index contributed by atoms with van der Waals surface area (Å²) in [6, 6.07) is 6.63. The van der Waals surface area contributed by atoms with Crippen LogP contribution in [0.1, 0.15) is 99.4 Å². The maximum Gasteiger partial charge on any atom is 0.407 e. The van der Waals surface area contributed by atoms with E-state index in [1.54, 1.807) is 39.0 Å². The summed E-state index contributed by atoms with van der Waals surface area (Å²) >= 11 is 0. The van der Waals surface area contributed by atoms with E-state index in [1.807, 2.05) is 13.8 Å². The predicted octanol–water partition coefficient (Wildman–Crippen LogP) is 3.57. The number of Topliss-reactive ketones (excluding diaryl/α,β-unsaturated/α-hetero) is 2. The Labute approximate surface area is 338 Å². The van der Waals surface area contributed by atoms with Crippen LogP contribution in [0.3, 0.4) is 0 Å². The molecule has 1 saturated heterocycles. The van der Waals surface area contributed by atoms with Crippen molar-refractivity contribution in [1.82, 2.24) is 5.32 Å². The molecule has 0 spiro atoms. The lowest BCUT2D eigenvalue weighted by atomic mass is 9.49. The van der Waals surface area contributed by atoms with E-state index in [0.717, 1.165) is 13.8 Å². The van der Waals surface area contributed by atoms with Crippen LogP contribution in [0.2, 0.25) is 0 Å². The van der Waals surface area contributed by atoms with Crippen LogP contribution < -0.4 is 5.32 Å². The van der Waals surface area contributed by atoms with Crippen molar-refractivity contribution in [3.63, 3.8) is 0 Å². The lowest BCUT2D eigenvalue weighted by Gasteiger charge is -2.63. The van der Waals surface area contributed by atoms with Crippen LogP contribution in [-0.2, 0) is 52.4 Å². The molecule has 16 nitrogen and oxygen atoms in total. The van der Waals surface area contributed by atoms with Gasteiger partial charge in [0.05, 0.1) is 41.1 Å². The number of ether oxygens (including phenoxy) is 6. The fraction of sp³-hybridized carbons (Fsp3) is 0.643. The van der Waals surface area contributed by atoms with Gasteiger partial charge in [-0.25, -0.2) is 14.4 Å². The van der Waals surface area contributed by atoms with Crippen molar-refractivity contribution in [1.29, 1.82) is 0 Å². The molecule has 1 amide bonds. The van der Waals surface area contributed by atoms with Gasteiger partial charge in [0.15, 0.2) is 35.5 Å². The molecule has 3 fully saturated rings. The third kappa shape index (κ3) is 9.29. The number of carbonyl (C=O) groups excluding carboxylic acids is 7. The SMILES string of the molecule is CC(=O)O[C@H]1C(=O)[C@@]2(C)[C@H]([C@H](OC(=O)c3ccccc3)C(=O)C(C)(C)C1=C(C)COC(=O)[C@H](O)[C@H](CC(C)C)NC(=O)OC(C)(C)C)[C@]1(OC(C)=O)CO[C@@H]1C[C@@H]2O. The van der Waals surface area contributed by atoms with Gasteiger partial charge in [0.25, 0.3) is 0 Å². The zero-order chi connectivity index (χ0) is 43.7. The molecule has 0 bridgehead atoms. The normalized spacial score (nSPS) is 29.8. The van der Waals surface area contributed by atoms with Gasteiger partial charge in [-0.05, 0) is 84.1 Å². The Morgan fingerprint density at radius 1 is 0.948 bits per heavy atom. The molecule has 9 atom stereocenters. The highest BCUT2D eigenvalue weighted by Gasteiger charge is 2.75. The molecule has 0 unspecified atom stereocenters. The molecule has 0 radical (unpaired) electrons. The van der Waals surface area contributed by atoms with Gasteiger partial charge in [-0.2, -0.15) is 0 Å². The van der Waals surface area contributed by atoms with Gasteiger partial charge < -0.3 is 44.0 Å². The van der Waals surface area contributed by atoms with Gasteiger partial charge in [-0.3, -0.25) is 19.2 Å². The largest absolute Gasteiger partial charge is 0.459 e. The summed E-state index contributed by atoms with van der Waals surface area (Å²) < 4.78 is 34.3. The zero-order valence-electron chi connectivity index (χ0n) is 35.0. The average Bonchev–Trinajstić information content (AvgIpc) is 3.10. The van der Waals surface area contributed by atoms with Crippen molar-refractivity contribution >= 4 is 41.5 Å². The van der Waals surface area contributed by atoms with E-state index in [0.29, 0.717) is 0 Å². The molecule has 3 aliphatic rings. The number of aliphatic hydroxyl groups excluding tert-OH is 2. The van der Waals surface area contributed by atoms with Crippen LogP contribution in [-0.4, -0.2) is 113 Å². The monoisotopic (exact) mass is 815 g/mol. The number of carbonyl (C=O) groups is 7. The lowest BCUT2D eigenvalue weighted by molar-refractivity contribution is -0.328. The van der Waals surface area contributed by atoms with Crippen molar-refractivity contribution in [2.75, 3.05) is 13.2 Å². The van der Waals surface area contributed by atoms with Crippen molar-refractivity contribution in [3.05, 3.63) is 47.0 Å². The first kappa shape index (κ1) is 46.0. The Bertz CT molecular complexity index is 1810. The van der Waals surface area contributed by atoms with Crippen molar-refractivity contribution in [2.45, 2.75) is 137 Å². The molecule has 3 N–H and O–H groups in total. The maximum atomic E-state index is 15.3. The molecule has 0 aromatic heterocycles. The van der Waals surface area contributed by atoms with Crippen LogP contribution in [0.4, 0.5) is 4.79 Å². The molecule has 2 saturated carbocycles. The minimum absolute atomic E-state index is 0.0547. The summed E-state index contributed by atoms with van der Waals surface area (Å²) in [7, 11) is 0. The molecular formula is C42H57NO15. The van der Waals surface area contributed by atoms with Gasteiger partial charge in [-0.15, -0.1) is 0 Å². The van der Waals surface area contributed by atoms with E-state index in [-0.39, 0.29) is 42.1 Å². The molecule has 4 rings (SSSR count). The third-order valence-electron chi connectivity index (χ3n) is 11.0. The number of hydrogen-bond donors (Lipinski definition) is 3. The molecular weight excluding hydrogens is 758 g/mol. The third-order valence-corrected chi connectivity index (χ3v) is 11.0. The van der Waals surface area contributed by atoms with E-state index in [1.165, 1.54) is 39.8 Å². The topological polar surface area (TPSA) is 227 Å². The summed E-state index contributed by atoms with van der Waals surface area (Å²) in [5.41, 5.74) is -6.56. The van der Waals surface area contributed by atoms with Crippen LogP contribution in [0.25, 0.3) is 0 Å². The Morgan fingerprint density at radius 2 is 1.57 bits per heavy atom. The first-order chi connectivity index (χ1) is 26.8. The molecule has 1 aromatic carbocycles. The number of esters is 4. The van der Waals surface area contributed by atoms with Gasteiger partial charge >= 0.3 is 30.0 Å². The highest BCUT2D eigenvalue weighted by molar-refractivity contribution is 6.03. The van der Waals surface area contributed by atoms with Crippen LogP contribution >= 0.6 is 0 Å². The number of hydrogen-bond acceptors (Lipinski definition) is 15. The Hall–Kier alpha value is -4.67. The van der Waals surface area contributed by atoms with E-state index in [9.17, 15) is 34.2 Å². The maximum absolute atomic E-state index is 15.3. The number of alkyl carbamates (subject to hydrolysis) is 1. The molecule has 2 aliphatic carbocycles. The molecule has 320 valence electrons. The lowest BCUT2D eigenvalue weighted by Crippen LogP contribution is -2.79. The van der Waals surface area contributed by atoms with Gasteiger partial charge in [-0.1, -0.05) is 32.0 Å². The summed E-state index contributed by atoms with van der Waals surface area (Å²) in [4.78, 5) is 95.9. The summed E-state index contributed by atoms with van der Waals surface area (Å²) in [6.07, 6.45) is -9.15. The number of amides is 1. The number of nitrogens with one attached hydrogen (secondary N) is 1. The van der Waals surface area contributed by atoms with E-state index in [2.05, 4.69) is 5.32 Å². The zero-order valence-corrected chi connectivity index (χ0v) is 35.0. The molecule has 1 aliphatic heterocycles. The van der Waals surface area contributed by atoms with Gasteiger partial charge in [0, 0.05) is 20.3 Å². The standard InChI is InChI=1S/C42H57NO15/c1-21(2)17-26(43-38(52)58-39(6,7)8)30(47)37(51)53-19-22(3)29-31(55-23(4)44)35(49)41(11)27(46)18-28-42(20-54-28,57-24(5)45)33(41)32(34(48)40(29,9)10)56-36(50)25-15-13-12-14-16-25/h12-16,21,26-28,30-33,46-47H,17-20H2,1-11H3,(H,43,52)/t26-,27-,28+,30+,31+,32-,33-,41+,42-/m0/s1. The highest BCUT2D eigenvalue weighted by Crippen LogP contribution is 2.59. The summed E-state index contributed by atoms with van der Waals surface area (Å²) in [5, 5.41) is 25.5. The van der Waals surface area contributed by atoms with E-state index >= 15 is 9.59 Å². The number of rotatable bonds is 11. The number of aliphatic hydroxyl groups is 2. The van der Waals surface area contributed by atoms with Crippen LogP contribution in [0.15, 0.2) is 41.5 Å². The smallest absolute Gasteiger partial charge is 0.407 e. The van der Waals surface area contributed by atoms with Crippen molar-refractivity contribution < 1.29 is 72.2 Å². The first-order valence-electron chi connectivity index (χ1n) is 19.3. The molecule has 1 heterocycles. The number of fused-ring (bicyclic) bond motifs is 3. The Kier molecular flexibility index (Phi) is 13.7. The molecule has 1 aromatic rings. The second-order valence-electron chi connectivity index (χ2n) is 17.5. The average molecular weight is 816 g/mol. The van der Waals surface area contributed by atoms with Gasteiger partial charge in [0.2, 0.25) is 0 Å². The van der Waals surface area contributed by atoms with E-state index < -0.39 is 113 Å². The Balaban J connectivity index is 1.85. The van der Waals surface area contributed by atoms with Crippen LogP contribution in [0, 0.1) is 22.7 Å².